The third-order valence-corrected chi connectivity index (χ3v) is 3.22. The lowest BCUT2D eigenvalue weighted by Crippen LogP contribution is -2.42. The number of carbonyl (C=O) groups is 1. The fourth-order valence-corrected chi connectivity index (χ4v) is 1.59. The Bertz CT molecular complexity index is 278. The SMILES string of the molecule is CCC(C)(C#N)C(=O)NC(C)CC1CC1. The van der Waals surface area contributed by atoms with Crippen LogP contribution in [0.4, 0.5) is 0 Å². The first-order valence-electron chi connectivity index (χ1n) is 5.74. The first-order valence-corrected chi connectivity index (χ1v) is 5.74. The normalized spacial score (nSPS) is 21.2. The van der Waals surface area contributed by atoms with Gasteiger partial charge in [-0.3, -0.25) is 4.79 Å². The van der Waals surface area contributed by atoms with E-state index in [1.54, 1.807) is 6.92 Å². The molecular weight excluding hydrogens is 188 g/mol. The molecule has 0 heterocycles. The number of amides is 1. The molecule has 1 fully saturated rings. The Morgan fingerprint density at radius 2 is 2.27 bits per heavy atom. The summed E-state index contributed by atoms with van der Waals surface area (Å²) in [5.74, 6) is 0.677. The molecule has 2 unspecified atom stereocenters. The van der Waals surface area contributed by atoms with Crippen LogP contribution in [-0.2, 0) is 4.79 Å². The van der Waals surface area contributed by atoms with Crippen LogP contribution in [0.1, 0.15) is 46.5 Å². The molecule has 1 amide bonds. The Hall–Kier alpha value is -1.04. The van der Waals surface area contributed by atoms with Crippen LogP contribution in [0.15, 0.2) is 0 Å². The molecule has 1 aliphatic rings. The van der Waals surface area contributed by atoms with Gasteiger partial charge in [-0.05, 0) is 32.6 Å². The summed E-state index contributed by atoms with van der Waals surface area (Å²) < 4.78 is 0. The van der Waals surface area contributed by atoms with Crippen molar-refractivity contribution in [2.24, 2.45) is 11.3 Å². The second-order valence-corrected chi connectivity index (χ2v) is 4.85. The Morgan fingerprint density at radius 3 is 2.67 bits per heavy atom. The van der Waals surface area contributed by atoms with Crippen molar-refractivity contribution in [3.63, 3.8) is 0 Å². The van der Waals surface area contributed by atoms with Gasteiger partial charge in [-0.1, -0.05) is 19.8 Å². The lowest BCUT2D eigenvalue weighted by molar-refractivity contribution is -0.128. The highest BCUT2D eigenvalue weighted by molar-refractivity contribution is 5.85. The van der Waals surface area contributed by atoms with Crippen molar-refractivity contribution in [3.05, 3.63) is 0 Å². The van der Waals surface area contributed by atoms with Gasteiger partial charge in [0.25, 0.3) is 0 Å². The van der Waals surface area contributed by atoms with Crippen molar-refractivity contribution < 1.29 is 4.79 Å². The smallest absolute Gasteiger partial charge is 0.240 e. The number of nitrogens with zero attached hydrogens (tertiary/aromatic N) is 1. The maximum absolute atomic E-state index is 11.8. The molecule has 3 nitrogen and oxygen atoms in total. The zero-order valence-corrected chi connectivity index (χ0v) is 9.84. The zero-order chi connectivity index (χ0) is 11.5. The fourth-order valence-electron chi connectivity index (χ4n) is 1.59. The fraction of sp³-hybridized carbons (Fsp3) is 0.833. The van der Waals surface area contributed by atoms with Crippen molar-refractivity contribution in [2.75, 3.05) is 0 Å². The average Bonchev–Trinajstić information content (AvgIpc) is 3.00. The van der Waals surface area contributed by atoms with E-state index in [4.69, 9.17) is 5.26 Å². The van der Waals surface area contributed by atoms with E-state index in [0.29, 0.717) is 6.42 Å². The average molecular weight is 208 g/mol. The molecule has 0 bridgehead atoms. The van der Waals surface area contributed by atoms with Gasteiger partial charge in [0.2, 0.25) is 5.91 Å². The molecule has 2 atom stereocenters. The summed E-state index contributed by atoms with van der Waals surface area (Å²) in [6.07, 6.45) is 4.20. The van der Waals surface area contributed by atoms with Crippen LogP contribution in [-0.4, -0.2) is 11.9 Å². The van der Waals surface area contributed by atoms with E-state index in [1.165, 1.54) is 12.8 Å². The molecule has 0 aromatic rings. The third kappa shape index (κ3) is 3.23. The van der Waals surface area contributed by atoms with Gasteiger partial charge in [-0.25, -0.2) is 0 Å². The number of rotatable bonds is 5. The van der Waals surface area contributed by atoms with Gasteiger partial charge in [0.15, 0.2) is 0 Å². The molecule has 15 heavy (non-hydrogen) atoms. The number of nitriles is 1. The van der Waals surface area contributed by atoms with Crippen LogP contribution >= 0.6 is 0 Å². The van der Waals surface area contributed by atoms with E-state index < -0.39 is 5.41 Å². The largest absolute Gasteiger partial charge is 0.352 e. The molecule has 84 valence electrons. The van der Waals surface area contributed by atoms with Crippen molar-refractivity contribution >= 4 is 5.91 Å². The first-order chi connectivity index (χ1) is 7.01. The van der Waals surface area contributed by atoms with Gasteiger partial charge in [0.1, 0.15) is 5.41 Å². The van der Waals surface area contributed by atoms with Crippen molar-refractivity contribution in [1.29, 1.82) is 5.26 Å². The summed E-state index contributed by atoms with van der Waals surface area (Å²) in [5, 5.41) is 11.9. The van der Waals surface area contributed by atoms with Gasteiger partial charge >= 0.3 is 0 Å². The predicted molar refractivity (Wildman–Crippen MR) is 59.0 cm³/mol. The summed E-state index contributed by atoms with van der Waals surface area (Å²) in [4.78, 5) is 11.8. The third-order valence-electron chi connectivity index (χ3n) is 3.22. The molecule has 0 aromatic carbocycles. The molecule has 0 spiro atoms. The number of hydrogen-bond acceptors (Lipinski definition) is 2. The summed E-state index contributed by atoms with van der Waals surface area (Å²) in [5.41, 5.74) is -0.863. The molecule has 0 radical (unpaired) electrons. The minimum atomic E-state index is -0.863. The first kappa shape index (κ1) is 12.0. The Morgan fingerprint density at radius 1 is 1.67 bits per heavy atom. The van der Waals surface area contributed by atoms with Crippen molar-refractivity contribution in [1.82, 2.24) is 5.32 Å². The molecule has 1 N–H and O–H groups in total. The lowest BCUT2D eigenvalue weighted by atomic mass is 9.88. The Labute approximate surface area is 91.9 Å². The number of carbonyl (C=O) groups excluding carboxylic acids is 1. The van der Waals surface area contributed by atoms with Gasteiger partial charge in [0, 0.05) is 6.04 Å². The second-order valence-electron chi connectivity index (χ2n) is 4.85. The molecule has 0 aliphatic heterocycles. The van der Waals surface area contributed by atoms with Crippen LogP contribution in [0.2, 0.25) is 0 Å². The summed E-state index contributed by atoms with van der Waals surface area (Å²) in [7, 11) is 0. The number of hydrogen-bond donors (Lipinski definition) is 1. The van der Waals surface area contributed by atoms with E-state index in [0.717, 1.165) is 12.3 Å². The highest BCUT2D eigenvalue weighted by atomic mass is 16.2. The molecular formula is C12H20N2O. The summed E-state index contributed by atoms with van der Waals surface area (Å²) in [6.45, 7) is 5.59. The maximum Gasteiger partial charge on any atom is 0.240 e. The molecule has 0 saturated heterocycles. The van der Waals surface area contributed by atoms with Crippen LogP contribution in [0.5, 0.6) is 0 Å². The maximum atomic E-state index is 11.8. The number of nitrogens with one attached hydrogen (secondary N) is 1. The van der Waals surface area contributed by atoms with Crippen molar-refractivity contribution in [2.45, 2.75) is 52.5 Å². The van der Waals surface area contributed by atoms with Gasteiger partial charge in [-0.15, -0.1) is 0 Å². The van der Waals surface area contributed by atoms with Gasteiger partial charge in [0.05, 0.1) is 6.07 Å². The van der Waals surface area contributed by atoms with E-state index in [1.807, 2.05) is 13.8 Å². The highest BCUT2D eigenvalue weighted by Gasteiger charge is 2.33. The van der Waals surface area contributed by atoms with Crippen molar-refractivity contribution in [3.8, 4) is 6.07 Å². The minimum Gasteiger partial charge on any atom is -0.352 e. The summed E-state index contributed by atoms with van der Waals surface area (Å²) >= 11 is 0. The van der Waals surface area contributed by atoms with Crippen LogP contribution in [0.3, 0.4) is 0 Å². The standard InChI is InChI=1S/C12H20N2O/c1-4-12(3,8-13)11(15)14-9(2)7-10-5-6-10/h9-10H,4-7H2,1-3H3,(H,14,15). The Kier molecular flexibility index (Phi) is 3.73. The van der Waals surface area contributed by atoms with Gasteiger partial charge < -0.3 is 5.32 Å². The molecule has 1 rings (SSSR count). The van der Waals surface area contributed by atoms with E-state index in [-0.39, 0.29) is 11.9 Å². The van der Waals surface area contributed by atoms with Gasteiger partial charge in [-0.2, -0.15) is 5.26 Å². The quantitative estimate of drug-likeness (QED) is 0.753. The highest BCUT2D eigenvalue weighted by Crippen LogP contribution is 2.33. The topological polar surface area (TPSA) is 52.9 Å². The Balaban J connectivity index is 2.42. The summed E-state index contributed by atoms with van der Waals surface area (Å²) in [6, 6.07) is 2.29. The second kappa shape index (κ2) is 4.65. The van der Waals surface area contributed by atoms with Crippen LogP contribution < -0.4 is 5.32 Å². The van der Waals surface area contributed by atoms with E-state index >= 15 is 0 Å². The van der Waals surface area contributed by atoms with Crippen LogP contribution in [0, 0.1) is 22.7 Å². The van der Waals surface area contributed by atoms with E-state index in [2.05, 4.69) is 11.4 Å². The molecule has 0 aromatic heterocycles. The zero-order valence-electron chi connectivity index (χ0n) is 9.84. The molecule has 3 heteroatoms. The lowest BCUT2D eigenvalue weighted by Gasteiger charge is -2.22. The molecule has 1 saturated carbocycles. The predicted octanol–water partition coefficient (Wildman–Crippen LogP) is 2.23. The monoisotopic (exact) mass is 208 g/mol. The molecule has 1 aliphatic carbocycles. The van der Waals surface area contributed by atoms with E-state index in [9.17, 15) is 4.79 Å². The van der Waals surface area contributed by atoms with Crippen LogP contribution in [0.25, 0.3) is 0 Å². The minimum absolute atomic E-state index is 0.124.